The minimum Gasteiger partial charge on any atom is -0.403 e. The second-order valence-electron chi connectivity index (χ2n) is 6.96. The molecule has 1 saturated heterocycles. The predicted molar refractivity (Wildman–Crippen MR) is 98.5 cm³/mol. The molecule has 9 heteroatoms. The lowest BCUT2D eigenvalue weighted by Gasteiger charge is -2.29. The molecule has 0 N–H and O–H groups in total. The normalized spacial score (nSPS) is 18.9. The highest BCUT2D eigenvalue weighted by molar-refractivity contribution is 5.46. The number of ether oxygens (including phenoxy) is 3. The van der Waals surface area contributed by atoms with Gasteiger partial charge in [-0.15, -0.1) is 13.2 Å². The summed E-state index contributed by atoms with van der Waals surface area (Å²) >= 11 is 0. The Balaban J connectivity index is 1.75. The molecule has 0 spiro atoms. The van der Waals surface area contributed by atoms with Gasteiger partial charge in [0.1, 0.15) is 11.6 Å². The standard InChI is InChI=1S/C22H18F6O3/c1-2-3-14-11-29-21(30-12-14)15-9-17(23)16(18(24)10-15)6-4-13-5-7-20(19(25)8-13)31-22(26,27)28/h5,7-10,14,21H,2-3,11-12H2,1H3/t14-,21-. The van der Waals surface area contributed by atoms with E-state index in [0.717, 1.165) is 37.1 Å². The van der Waals surface area contributed by atoms with E-state index in [1.807, 2.05) is 6.92 Å². The van der Waals surface area contributed by atoms with Crippen molar-refractivity contribution in [3.8, 4) is 17.6 Å². The lowest BCUT2D eigenvalue weighted by Crippen LogP contribution is -2.27. The molecule has 0 radical (unpaired) electrons. The van der Waals surface area contributed by atoms with Gasteiger partial charge >= 0.3 is 6.36 Å². The average molecular weight is 444 g/mol. The van der Waals surface area contributed by atoms with Gasteiger partial charge in [0.25, 0.3) is 0 Å². The molecule has 1 heterocycles. The van der Waals surface area contributed by atoms with Crippen LogP contribution in [0.5, 0.6) is 5.75 Å². The van der Waals surface area contributed by atoms with E-state index in [9.17, 15) is 26.3 Å². The van der Waals surface area contributed by atoms with Gasteiger partial charge in [-0.05, 0) is 36.8 Å². The Bertz CT molecular complexity index is 962. The second kappa shape index (κ2) is 9.62. The Labute approximate surface area is 174 Å². The Morgan fingerprint density at radius 3 is 2.16 bits per heavy atom. The molecule has 1 aliphatic rings. The third kappa shape index (κ3) is 6.15. The first-order valence-electron chi connectivity index (χ1n) is 9.45. The minimum atomic E-state index is -5.05. The fraction of sp³-hybridized carbons (Fsp3) is 0.364. The van der Waals surface area contributed by atoms with Gasteiger partial charge < -0.3 is 14.2 Å². The van der Waals surface area contributed by atoms with Crippen molar-refractivity contribution in [1.29, 1.82) is 0 Å². The van der Waals surface area contributed by atoms with Crippen molar-refractivity contribution in [2.45, 2.75) is 32.4 Å². The van der Waals surface area contributed by atoms with Crippen LogP contribution in [0.1, 0.15) is 42.7 Å². The van der Waals surface area contributed by atoms with Crippen LogP contribution in [0.2, 0.25) is 0 Å². The molecule has 166 valence electrons. The van der Waals surface area contributed by atoms with Gasteiger partial charge in [0.05, 0.1) is 18.8 Å². The summed E-state index contributed by atoms with van der Waals surface area (Å²) in [5.41, 5.74) is -0.495. The number of halogens is 6. The number of benzene rings is 2. The molecule has 0 aliphatic carbocycles. The summed E-state index contributed by atoms with van der Waals surface area (Å²) in [6, 6.07) is 4.52. The van der Waals surface area contributed by atoms with E-state index in [0.29, 0.717) is 19.3 Å². The Morgan fingerprint density at radius 1 is 0.968 bits per heavy atom. The van der Waals surface area contributed by atoms with Crippen LogP contribution < -0.4 is 4.74 Å². The molecule has 3 rings (SSSR count). The molecule has 3 nitrogen and oxygen atoms in total. The van der Waals surface area contributed by atoms with Gasteiger partial charge in [-0.3, -0.25) is 0 Å². The van der Waals surface area contributed by atoms with Gasteiger partial charge in [0, 0.05) is 17.0 Å². The molecule has 0 saturated carbocycles. The Kier molecular flexibility index (Phi) is 7.13. The zero-order valence-corrected chi connectivity index (χ0v) is 16.4. The number of rotatable bonds is 4. The third-order valence-electron chi connectivity index (χ3n) is 4.49. The first-order valence-corrected chi connectivity index (χ1v) is 9.45. The van der Waals surface area contributed by atoms with Crippen molar-refractivity contribution in [2.24, 2.45) is 5.92 Å². The van der Waals surface area contributed by atoms with Crippen LogP contribution in [0.25, 0.3) is 0 Å². The molecule has 2 aromatic carbocycles. The van der Waals surface area contributed by atoms with Gasteiger partial charge in [0.2, 0.25) is 0 Å². The van der Waals surface area contributed by atoms with Crippen LogP contribution >= 0.6 is 0 Å². The molecule has 1 aliphatic heterocycles. The molecule has 0 unspecified atom stereocenters. The molecule has 0 aromatic heterocycles. The van der Waals surface area contributed by atoms with Crippen LogP contribution in [-0.2, 0) is 9.47 Å². The maximum absolute atomic E-state index is 14.4. The molecule has 2 aromatic rings. The van der Waals surface area contributed by atoms with Crippen LogP contribution in [0.4, 0.5) is 26.3 Å². The maximum atomic E-state index is 14.4. The largest absolute Gasteiger partial charge is 0.573 e. The van der Waals surface area contributed by atoms with Crippen molar-refractivity contribution < 1.29 is 40.6 Å². The average Bonchev–Trinajstić information content (AvgIpc) is 2.69. The van der Waals surface area contributed by atoms with E-state index in [-0.39, 0.29) is 17.0 Å². The quantitative estimate of drug-likeness (QED) is 0.437. The van der Waals surface area contributed by atoms with E-state index in [2.05, 4.69) is 16.6 Å². The summed E-state index contributed by atoms with van der Waals surface area (Å²) < 4.78 is 93.7. The fourth-order valence-corrected chi connectivity index (χ4v) is 3.08. The van der Waals surface area contributed by atoms with Crippen LogP contribution in [0, 0.1) is 35.2 Å². The Hall–Kier alpha value is -2.70. The lowest BCUT2D eigenvalue weighted by atomic mass is 10.0. The van der Waals surface area contributed by atoms with E-state index < -0.39 is 41.4 Å². The second-order valence-corrected chi connectivity index (χ2v) is 6.96. The monoisotopic (exact) mass is 444 g/mol. The summed E-state index contributed by atoms with van der Waals surface area (Å²) in [5, 5.41) is 0. The SMILES string of the molecule is CCC[C@H]1CO[C@H](c2cc(F)c(C#Cc3ccc(OC(F)(F)F)c(F)c3)c(F)c2)OC1. The summed E-state index contributed by atoms with van der Waals surface area (Å²) in [4.78, 5) is 0. The van der Waals surface area contributed by atoms with Crippen molar-refractivity contribution in [1.82, 2.24) is 0 Å². The molecule has 31 heavy (non-hydrogen) atoms. The minimum absolute atomic E-state index is 0.0872. The summed E-state index contributed by atoms with van der Waals surface area (Å²) in [5.74, 6) is 0.504. The first kappa shape index (κ1) is 23.0. The number of alkyl halides is 3. The van der Waals surface area contributed by atoms with Crippen LogP contribution in [0.3, 0.4) is 0 Å². The summed E-state index contributed by atoms with van der Waals surface area (Å²) in [6.45, 7) is 2.88. The van der Waals surface area contributed by atoms with Crippen LogP contribution in [0.15, 0.2) is 30.3 Å². The predicted octanol–water partition coefficient (Wildman–Crippen LogP) is 5.86. The molecular weight excluding hydrogens is 426 g/mol. The van der Waals surface area contributed by atoms with E-state index in [1.54, 1.807) is 0 Å². The van der Waals surface area contributed by atoms with Crippen molar-refractivity contribution in [3.05, 3.63) is 64.5 Å². The van der Waals surface area contributed by atoms with Gasteiger partial charge in [-0.25, -0.2) is 13.2 Å². The van der Waals surface area contributed by atoms with Crippen LogP contribution in [-0.4, -0.2) is 19.6 Å². The highest BCUT2D eigenvalue weighted by Gasteiger charge is 2.32. The molecule has 0 amide bonds. The zero-order valence-electron chi connectivity index (χ0n) is 16.4. The lowest BCUT2D eigenvalue weighted by molar-refractivity contribution is -0.275. The highest BCUT2D eigenvalue weighted by atomic mass is 19.4. The molecular formula is C22H18F6O3. The fourth-order valence-electron chi connectivity index (χ4n) is 3.08. The van der Waals surface area contributed by atoms with Crippen molar-refractivity contribution in [3.63, 3.8) is 0 Å². The van der Waals surface area contributed by atoms with E-state index in [4.69, 9.17) is 9.47 Å². The third-order valence-corrected chi connectivity index (χ3v) is 4.49. The first-order chi connectivity index (χ1) is 14.7. The zero-order chi connectivity index (χ0) is 22.6. The number of hydrogen-bond donors (Lipinski definition) is 0. The molecule has 0 bridgehead atoms. The van der Waals surface area contributed by atoms with Crippen molar-refractivity contribution in [2.75, 3.05) is 13.2 Å². The van der Waals surface area contributed by atoms with Crippen molar-refractivity contribution >= 4 is 0 Å². The van der Waals surface area contributed by atoms with Gasteiger partial charge in [0.15, 0.2) is 17.9 Å². The smallest absolute Gasteiger partial charge is 0.403 e. The summed E-state index contributed by atoms with van der Waals surface area (Å²) in [6.07, 6.45) is -4.05. The summed E-state index contributed by atoms with van der Waals surface area (Å²) in [7, 11) is 0. The topological polar surface area (TPSA) is 27.7 Å². The molecule has 0 atom stereocenters. The van der Waals surface area contributed by atoms with E-state index >= 15 is 0 Å². The maximum Gasteiger partial charge on any atom is 0.573 e. The van der Waals surface area contributed by atoms with Gasteiger partial charge in [-0.1, -0.05) is 25.2 Å². The Morgan fingerprint density at radius 2 is 1.61 bits per heavy atom. The molecule has 1 fully saturated rings. The highest BCUT2D eigenvalue weighted by Crippen LogP contribution is 2.29. The van der Waals surface area contributed by atoms with E-state index in [1.165, 1.54) is 0 Å². The number of hydrogen-bond acceptors (Lipinski definition) is 3. The van der Waals surface area contributed by atoms with Gasteiger partial charge in [-0.2, -0.15) is 0 Å².